The molecule has 1 heterocycles. The van der Waals surface area contributed by atoms with Gasteiger partial charge in [0, 0.05) is 29.0 Å². The summed E-state index contributed by atoms with van der Waals surface area (Å²) in [6.07, 6.45) is 0.227. The number of primary sulfonamides is 1. The molecule has 0 spiro atoms. The highest BCUT2D eigenvalue weighted by atomic mass is 79.9. The van der Waals surface area contributed by atoms with Crippen molar-refractivity contribution >= 4 is 37.5 Å². The van der Waals surface area contributed by atoms with Crippen molar-refractivity contribution in [1.29, 1.82) is 0 Å². The lowest BCUT2D eigenvalue weighted by Gasteiger charge is -2.21. The standard InChI is InChI=1S/C13H17BrN2O3S/c1-8-9(2)12(4-3-11(8)14)16-6-10(5-13(16)17)7-20(15,18)19/h3-4,10H,5-7H2,1-2H3,(H2,15,18,19). The minimum absolute atomic E-state index is 0.0523. The monoisotopic (exact) mass is 360 g/mol. The molecule has 1 saturated heterocycles. The molecule has 110 valence electrons. The molecule has 1 aliphatic rings. The Bertz CT molecular complexity index is 658. The number of halogens is 1. The van der Waals surface area contributed by atoms with E-state index in [0.29, 0.717) is 6.54 Å². The maximum Gasteiger partial charge on any atom is 0.227 e. The second kappa shape index (κ2) is 5.46. The predicted octanol–water partition coefficient (Wildman–Crippen LogP) is 1.71. The number of carbonyl (C=O) groups is 1. The van der Waals surface area contributed by atoms with Crippen molar-refractivity contribution in [3.8, 4) is 0 Å². The quantitative estimate of drug-likeness (QED) is 0.890. The number of hydrogen-bond acceptors (Lipinski definition) is 3. The lowest BCUT2D eigenvalue weighted by Crippen LogP contribution is -2.28. The highest BCUT2D eigenvalue weighted by Crippen LogP contribution is 2.32. The Morgan fingerprint density at radius 1 is 1.35 bits per heavy atom. The van der Waals surface area contributed by atoms with Gasteiger partial charge in [-0.2, -0.15) is 0 Å². The van der Waals surface area contributed by atoms with Gasteiger partial charge in [-0.3, -0.25) is 4.79 Å². The Morgan fingerprint density at radius 3 is 2.60 bits per heavy atom. The zero-order valence-electron chi connectivity index (χ0n) is 11.4. The number of anilines is 1. The average Bonchev–Trinajstić information content (AvgIpc) is 2.65. The Labute approximate surface area is 127 Å². The SMILES string of the molecule is Cc1c(Br)ccc(N2CC(CS(N)(=O)=O)CC2=O)c1C. The van der Waals surface area contributed by atoms with Crippen LogP contribution < -0.4 is 10.0 Å². The summed E-state index contributed by atoms with van der Waals surface area (Å²) in [4.78, 5) is 13.8. The third kappa shape index (κ3) is 3.21. The Hall–Kier alpha value is -0.920. The van der Waals surface area contributed by atoms with E-state index in [-0.39, 0.29) is 24.0 Å². The van der Waals surface area contributed by atoms with Gasteiger partial charge in [0.2, 0.25) is 15.9 Å². The van der Waals surface area contributed by atoms with Crippen LogP contribution in [0.3, 0.4) is 0 Å². The van der Waals surface area contributed by atoms with E-state index >= 15 is 0 Å². The summed E-state index contributed by atoms with van der Waals surface area (Å²) in [6, 6.07) is 3.78. The molecular formula is C13H17BrN2O3S. The van der Waals surface area contributed by atoms with Crippen LogP contribution in [-0.4, -0.2) is 26.6 Å². The van der Waals surface area contributed by atoms with Crippen LogP contribution in [-0.2, 0) is 14.8 Å². The topological polar surface area (TPSA) is 80.5 Å². The van der Waals surface area contributed by atoms with Gasteiger partial charge in [0.1, 0.15) is 0 Å². The zero-order valence-corrected chi connectivity index (χ0v) is 13.8. The van der Waals surface area contributed by atoms with Gasteiger partial charge in [0.15, 0.2) is 0 Å². The van der Waals surface area contributed by atoms with E-state index in [4.69, 9.17) is 5.14 Å². The Balaban J connectivity index is 2.27. The molecule has 1 aromatic carbocycles. The van der Waals surface area contributed by atoms with Gasteiger partial charge in [-0.05, 0) is 37.1 Å². The van der Waals surface area contributed by atoms with Crippen molar-refractivity contribution in [3.63, 3.8) is 0 Å². The number of hydrogen-bond donors (Lipinski definition) is 1. The molecule has 0 aromatic heterocycles. The van der Waals surface area contributed by atoms with Crippen molar-refractivity contribution in [1.82, 2.24) is 0 Å². The zero-order chi connectivity index (χ0) is 15.1. The van der Waals surface area contributed by atoms with Crippen LogP contribution in [0.15, 0.2) is 16.6 Å². The average molecular weight is 361 g/mol. The van der Waals surface area contributed by atoms with E-state index in [1.807, 2.05) is 26.0 Å². The molecular weight excluding hydrogens is 344 g/mol. The maximum absolute atomic E-state index is 12.1. The van der Waals surface area contributed by atoms with Gasteiger partial charge in [0.05, 0.1) is 5.75 Å². The molecule has 0 aliphatic carbocycles. The predicted molar refractivity (Wildman–Crippen MR) is 82.1 cm³/mol. The second-order valence-corrected chi connectivity index (χ2v) is 7.73. The Kier molecular flexibility index (Phi) is 4.22. The molecule has 7 heteroatoms. The fourth-order valence-corrected chi connectivity index (χ4v) is 3.83. The normalized spacial score (nSPS) is 19.7. The first-order valence-corrected chi connectivity index (χ1v) is 8.76. The molecule has 1 fully saturated rings. The largest absolute Gasteiger partial charge is 0.312 e. The summed E-state index contributed by atoms with van der Waals surface area (Å²) in [5.41, 5.74) is 2.93. The number of rotatable bonds is 3. The molecule has 1 aliphatic heterocycles. The molecule has 0 bridgehead atoms. The van der Waals surface area contributed by atoms with E-state index in [1.54, 1.807) is 4.90 Å². The molecule has 0 radical (unpaired) electrons. The molecule has 2 N–H and O–H groups in total. The van der Waals surface area contributed by atoms with Gasteiger partial charge in [-0.1, -0.05) is 15.9 Å². The lowest BCUT2D eigenvalue weighted by molar-refractivity contribution is -0.117. The summed E-state index contributed by atoms with van der Waals surface area (Å²) in [6.45, 7) is 4.33. The lowest BCUT2D eigenvalue weighted by atomic mass is 10.1. The van der Waals surface area contributed by atoms with Crippen molar-refractivity contribution in [2.75, 3.05) is 17.2 Å². The van der Waals surface area contributed by atoms with Gasteiger partial charge in [-0.25, -0.2) is 13.6 Å². The van der Waals surface area contributed by atoms with Crippen LogP contribution in [0.5, 0.6) is 0 Å². The molecule has 5 nitrogen and oxygen atoms in total. The van der Waals surface area contributed by atoms with Crippen LogP contribution in [0.25, 0.3) is 0 Å². The van der Waals surface area contributed by atoms with Gasteiger partial charge < -0.3 is 4.90 Å². The number of sulfonamides is 1. The first kappa shape index (κ1) is 15.5. The van der Waals surface area contributed by atoms with Crippen molar-refractivity contribution in [2.45, 2.75) is 20.3 Å². The summed E-state index contributed by atoms with van der Waals surface area (Å²) < 4.78 is 23.3. The highest BCUT2D eigenvalue weighted by Gasteiger charge is 2.33. The smallest absolute Gasteiger partial charge is 0.227 e. The first-order chi connectivity index (χ1) is 9.19. The summed E-state index contributed by atoms with van der Waals surface area (Å²) in [5, 5.41) is 5.05. The number of nitrogens with two attached hydrogens (primary N) is 1. The molecule has 1 aromatic rings. The van der Waals surface area contributed by atoms with Gasteiger partial charge in [0.25, 0.3) is 0 Å². The number of benzene rings is 1. The minimum Gasteiger partial charge on any atom is -0.312 e. The number of nitrogens with zero attached hydrogens (tertiary/aromatic N) is 1. The molecule has 1 amide bonds. The van der Waals surface area contributed by atoms with Crippen LogP contribution in [0, 0.1) is 19.8 Å². The number of amides is 1. The third-order valence-corrected chi connectivity index (χ3v) is 5.45. The summed E-state index contributed by atoms with van der Waals surface area (Å²) in [5.74, 6) is -0.437. The summed E-state index contributed by atoms with van der Waals surface area (Å²) >= 11 is 3.46. The minimum atomic E-state index is -3.55. The van der Waals surface area contributed by atoms with E-state index in [9.17, 15) is 13.2 Å². The van der Waals surface area contributed by atoms with Crippen LogP contribution >= 0.6 is 15.9 Å². The molecule has 0 saturated carbocycles. The van der Waals surface area contributed by atoms with Crippen molar-refractivity contribution in [2.24, 2.45) is 11.1 Å². The number of carbonyl (C=O) groups excluding carboxylic acids is 1. The van der Waals surface area contributed by atoms with Crippen molar-refractivity contribution < 1.29 is 13.2 Å². The van der Waals surface area contributed by atoms with Crippen LogP contribution in [0.4, 0.5) is 5.69 Å². The van der Waals surface area contributed by atoms with Crippen LogP contribution in [0.1, 0.15) is 17.5 Å². The van der Waals surface area contributed by atoms with E-state index in [0.717, 1.165) is 21.3 Å². The second-order valence-electron chi connectivity index (χ2n) is 5.22. The molecule has 2 rings (SSSR count). The van der Waals surface area contributed by atoms with E-state index in [1.165, 1.54) is 0 Å². The fourth-order valence-electron chi connectivity index (χ4n) is 2.52. The fraction of sp³-hybridized carbons (Fsp3) is 0.462. The highest BCUT2D eigenvalue weighted by molar-refractivity contribution is 9.10. The maximum atomic E-state index is 12.1. The van der Waals surface area contributed by atoms with Gasteiger partial charge >= 0.3 is 0 Å². The third-order valence-electron chi connectivity index (χ3n) is 3.66. The molecule has 20 heavy (non-hydrogen) atoms. The molecule has 1 atom stereocenters. The molecule has 1 unspecified atom stereocenters. The Morgan fingerprint density at radius 2 is 2.00 bits per heavy atom. The first-order valence-electron chi connectivity index (χ1n) is 6.25. The van der Waals surface area contributed by atoms with E-state index < -0.39 is 10.0 Å². The van der Waals surface area contributed by atoms with Crippen LogP contribution in [0.2, 0.25) is 0 Å². The van der Waals surface area contributed by atoms with Gasteiger partial charge in [-0.15, -0.1) is 0 Å². The van der Waals surface area contributed by atoms with Crippen molar-refractivity contribution in [3.05, 3.63) is 27.7 Å². The summed E-state index contributed by atoms with van der Waals surface area (Å²) in [7, 11) is -3.55. The van der Waals surface area contributed by atoms with E-state index in [2.05, 4.69) is 15.9 Å².